The minimum Gasteiger partial charge on any atom is -0.461 e. The molecule has 2 N–H and O–H groups in total. The van der Waals surface area contributed by atoms with Gasteiger partial charge in [0, 0.05) is 12.8 Å². The summed E-state index contributed by atoms with van der Waals surface area (Å²) >= 11 is 0. The third-order valence-corrected chi connectivity index (χ3v) is 4.85. The van der Waals surface area contributed by atoms with E-state index in [2.05, 4.69) is 0 Å². The Labute approximate surface area is 212 Å². The van der Waals surface area contributed by atoms with Crippen molar-refractivity contribution in [3.8, 4) is 11.5 Å². The van der Waals surface area contributed by atoms with Crippen molar-refractivity contribution >= 4 is 24.1 Å². The van der Waals surface area contributed by atoms with Crippen LogP contribution in [0.25, 0.3) is 0 Å². The molecule has 1 rings (SSSR count). The molecule has 0 aliphatic carbocycles. The molecule has 36 heavy (non-hydrogen) atoms. The molecule has 10 heteroatoms. The van der Waals surface area contributed by atoms with Crippen LogP contribution in [-0.4, -0.2) is 49.4 Å². The molecule has 0 saturated carbocycles. The van der Waals surface area contributed by atoms with Crippen molar-refractivity contribution in [3.63, 3.8) is 0 Å². The van der Waals surface area contributed by atoms with Crippen LogP contribution in [0.2, 0.25) is 0 Å². The number of nitrogens with two attached hydrogens (primary N) is 1. The molecule has 0 aliphatic heterocycles. The van der Waals surface area contributed by atoms with Crippen molar-refractivity contribution in [2.75, 3.05) is 13.2 Å². The molecule has 0 radical (unpaired) electrons. The molecule has 0 amide bonds. The van der Waals surface area contributed by atoms with Gasteiger partial charge in [0.05, 0.1) is 6.61 Å². The number of rotatable bonds is 16. The van der Waals surface area contributed by atoms with Gasteiger partial charge in [-0.1, -0.05) is 39.7 Å². The maximum atomic E-state index is 12.3. The standard InChI is InChI=1S/C26H39NO9/c1-5-8-9-14-32-26(31)34-18(4)17-33-25(30)20(27)15-19-12-13-21(35-23(28)10-6-2)22(16-19)36-24(29)11-7-3/h12-13,16,18,20H,5-11,14-15,17,27H2,1-4H3/t18-,20-/m0/s1. The third kappa shape index (κ3) is 12.5. The van der Waals surface area contributed by atoms with Crippen LogP contribution in [-0.2, 0) is 35.0 Å². The average Bonchev–Trinajstić information content (AvgIpc) is 2.82. The van der Waals surface area contributed by atoms with Crippen molar-refractivity contribution < 1.29 is 42.9 Å². The highest BCUT2D eigenvalue weighted by atomic mass is 16.7. The normalized spacial score (nSPS) is 12.2. The first-order valence-electron chi connectivity index (χ1n) is 12.5. The highest BCUT2D eigenvalue weighted by Crippen LogP contribution is 2.30. The molecular weight excluding hydrogens is 470 g/mol. The summed E-state index contributed by atoms with van der Waals surface area (Å²) < 4.78 is 25.8. The maximum absolute atomic E-state index is 12.3. The zero-order valence-corrected chi connectivity index (χ0v) is 21.7. The molecule has 2 atom stereocenters. The van der Waals surface area contributed by atoms with Gasteiger partial charge in [0.2, 0.25) is 0 Å². The summed E-state index contributed by atoms with van der Waals surface area (Å²) in [5.41, 5.74) is 6.57. The predicted octanol–water partition coefficient (Wildman–Crippen LogP) is 4.24. The van der Waals surface area contributed by atoms with Crippen LogP contribution in [0.1, 0.15) is 78.2 Å². The second kappa shape index (κ2) is 17.3. The monoisotopic (exact) mass is 509 g/mol. The zero-order valence-electron chi connectivity index (χ0n) is 21.7. The van der Waals surface area contributed by atoms with Crippen molar-refractivity contribution in [2.24, 2.45) is 5.73 Å². The van der Waals surface area contributed by atoms with Gasteiger partial charge in [0.15, 0.2) is 11.5 Å². The fourth-order valence-electron chi connectivity index (χ4n) is 2.98. The summed E-state index contributed by atoms with van der Waals surface area (Å²) in [7, 11) is 0. The van der Waals surface area contributed by atoms with E-state index < -0.39 is 36.2 Å². The van der Waals surface area contributed by atoms with Crippen LogP contribution >= 0.6 is 0 Å². The largest absolute Gasteiger partial charge is 0.508 e. The smallest absolute Gasteiger partial charge is 0.461 e. The summed E-state index contributed by atoms with van der Waals surface area (Å²) in [6.45, 7) is 7.40. The van der Waals surface area contributed by atoms with E-state index in [1.54, 1.807) is 13.0 Å². The van der Waals surface area contributed by atoms with Gasteiger partial charge in [0.25, 0.3) is 0 Å². The lowest BCUT2D eigenvalue weighted by Crippen LogP contribution is -2.36. The van der Waals surface area contributed by atoms with Crippen LogP contribution in [0.3, 0.4) is 0 Å². The molecular formula is C26H39NO9. The first kappa shape index (κ1) is 30.9. The molecule has 0 bridgehead atoms. The minimum atomic E-state index is -1.02. The first-order chi connectivity index (χ1) is 17.2. The SMILES string of the molecule is CCCCCOC(=O)O[C@@H](C)COC(=O)[C@@H](N)Cc1ccc(OC(=O)CCC)c(OC(=O)CCC)c1. The topological polar surface area (TPSA) is 140 Å². The quantitative estimate of drug-likeness (QED) is 0.195. The van der Waals surface area contributed by atoms with Crippen molar-refractivity contribution in [2.45, 2.75) is 91.2 Å². The van der Waals surface area contributed by atoms with Gasteiger partial charge in [-0.2, -0.15) is 0 Å². The predicted molar refractivity (Wildman–Crippen MR) is 132 cm³/mol. The third-order valence-electron chi connectivity index (χ3n) is 4.85. The highest BCUT2D eigenvalue weighted by molar-refractivity contribution is 5.77. The zero-order chi connectivity index (χ0) is 26.9. The van der Waals surface area contributed by atoms with E-state index >= 15 is 0 Å². The summed E-state index contributed by atoms with van der Waals surface area (Å²) in [6.07, 6.45) is 2.90. The van der Waals surface area contributed by atoms with E-state index in [0.717, 1.165) is 19.3 Å². The van der Waals surface area contributed by atoms with Crippen molar-refractivity contribution in [1.82, 2.24) is 0 Å². The molecule has 1 aromatic carbocycles. The van der Waals surface area contributed by atoms with Crippen LogP contribution in [0.15, 0.2) is 18.2 Å². The molecule has 0 fully saturated rings. The van der Waals surface area contributed by atoms with Gasteiger partial charge in [-0.15, -0.1) is 0 Å². The van der Waals surface area contributed by atoms with Gasteiger partial charge in [-0.05, 0) is 50.3 Å². The lowest BCUT2D eigenvalue weighted by molar-refractivity contribution is -0.148. The van der Waals surface area contributed by atoms with Gasteiger partial charge in [-0.25, -0.2) is 4.79 Å². The Kier molecular flexibility index (Phi) is 14.9. The number of ether oxygens (including phenoxy) is 5. The fraction of sp³-hybridized carbons (Fsp3) is 0.615. The highest BCUT2D eigenvalue weighted by Gasteiger charge is 2.21. The Morgan fingerprint density at radius 2 is 1.50 bits per heavy atom. The van der Waals surface area contributed by atoms with Gasteiger partial charge in [0.1, 0.15) is 18.8 Å². The van der Waals surface area contributed by atoms with E-state index in [-0.39, 0.29) is 44.0 Å². The number of esters is 3. The Bertz CT molecular complexity index is 856. The Balaban J connectivity index is 2.68. The molecule has 1 aromatic rings. The van der Waals surface area contributed by atoms with Crippen LogP contribution in [0, 0.1) is 0 Å². The molecule has 0 aromatic heterocycles. The number of carbonyl (C=O) groups is 4. The van der Waals surface area contributed by atoms with Gasteiger partial charge in [-0.3, -0.25) is 14.4 Å². The maximum Gasteiger partial charge on any atom is 0.508 e. The Hall–Kier alpha value is -3.14. The molecule has 0 spiro atoms. The average molecular weight is 510 g/mol. The van der Waals surface area contributed by atoms with E-state index in [4.69, 9.17) is 29.4 Å². The molecule has 0 saturated heterocycles. The van der Waals surface area contributed by atoms with E-state index in [0.29, 0.717) is 18.4 Å². The molecule has 0 aliphatic rings. The summed E-state index contributed by atoms with van der Waals surface area (Å²) in [6, 6.07) is 3.61. The molecule has 202 valence electrons. The van der Waals surface area contributed by atoms with Gasteiger partial charge >= 0.3 is 24.1 Å². The second-order valence-electron chi connectivity index (χ2n) is 8.40. The fourth-order valence-corrected chi connectivity index (χ4v) is 2.98. The van der Waals surface area contributed by atoms with Crippen molar-refractivity contribution in [3.05, 3.63) is 23.8 Å². The summed E-state index contributed by atoms with van der Waals surface area (Å²) in [4.78, 5) is 47.9. The second-order valence-corrected chi connectivity index (χ2v) is 8.40. The first-order valence-corrected chi connectivity index (χ1v) is 12.5. The van der Waals surface area contributed by atoms with E-state index in [9.17, 15) is 19.2 Å². The molecule has 0 unspecified atom stereocenters. The summed E-state index contributed by atoms with van der Waals surface area (Å²) in [5, 5.41) is 0. The van der Waals surface area contributed by atoms with Crippen LogP contribution in [0.5, 0.6) is 11.5 Å². The number of carbonyl (C=O) groups excluding carboxylic acids is 4. The minimum absolute atomic E-state index is 0.0784. The summed E-state index contributed by atoms with van der Waals surface area (Å²) in [5.74, 6) is -1.41. The molecule has 10 nitrogen and oxygen atoms in total. The number of unbranched alkanes of at least 4 members (excludes halogenated alkanes) is 2. The van der Waals surface area contributed by atoms with Crippen LogP contribution < -0.4 is 15.2 Å². The Morgan fingerprint density at radius 3 is 2.11 bits per heavy atom. The number of hydrogen-bond acceptors (Lipinski definition) is 10. The lowest BCUT2D eigenvalue weighted by Gasteiger charge is -2.16. The van der Waals surface area contributed by atoms with Gasteiger partial charge < -0.3 is 29.4 Å². The lowest BCUT2D eigenvalue weighted by atomic mass is 10.1. The van der Waals surface area contributed by atoms with Crippen LogP contribution in [0.4, 0.5) is 4.79 Å². The molecule has 0 heterocycles. The number of hydrogen-bond donors (Lipinski definition) is 1. The number of benzene rings is 1. The van der Waals surface area contributed by atoms with Crippen molar-refractivity contribution in [1.29, 1.82) is 0 Å². The van der Waals surface area contributed by atoms with E-state index in [1.165, 1.54) is 12.1 Å². The Morgan fingerprint density at radius 1 is 0.861 bits per heavy atom. The van der Waals surface area contributed by atoms with E-state index in [1.807, 2.05) is 20.8 Å².